The molecule has 3 N–H and O–H groups in total. The molecule has 0 aliphatic rings. The average Bonchev–Trinajstić information content (AvgIpc) is 2.93. The smallest absolute Gasteiger partial charge is 0.268 e. The number of hydrazine groups is 1. The van der Waals surface area contributed by atoms with Crippen molar-refractivity contribution in [1.29, 1.82) is 5.26 Å². The van der Waals surface area contributed by atoms with Crippen LogP contribution in [-0.2, 0) is 6.61 Å². The molecule has 1 amide bonds. The molecular weight excluding hydrogens is 282 g/mol. The maximum absolute atomic E-state index is 11.2. The van der Waals surface area contributed by atoms with Crippen molar-refractivity contribution >= 4 is 17.5 Å². The highest BCUT2D eigenvalue weighted by atomic mass is 35.5. The van der Waals surface area contributed by atoms with Gasteiger partial charge in [-0.3, -0.25) is 10.2 Å². The summed E-state index contributed by atoms with van der Waals surface area (Å²) in [7, 11) is 0. The zero-order chi connectivity index (χ0) is 14.5. The highest BCUT2D eigenvalue weighted by Crippen LogP contribution is 2.24. The van der Waals surface area contributed by atoms with Gasteiger partial charge in [0, 0.05) is 11.1 Å². The van der Waals surface area contributed by atoms with E-state index >= 15 is 0 Å². The van der Waals surface area contributed by atoms with Gasteiger partial charge in [-0.25, -0.2) is 5.84 Å². The molecule has 1 aromatic heterocycles. The van der Waals surface area contributed by atoms with Gasteiger partial charge in [0.05, 0.1) is 11.1 Å². The number of nitriles is 1. The molecule has 0 fully saturated rings. The summed E-state index contributed by atoms with van der Waals surface area (Å²) in [5.41, 5.74) is 2.65. The number of amides is 1. The predicted molar refractivity (Wildman–Crippen MR) is 70.9 cm³/mol. The molecule has 0 aliphatic carbocycles. The number of nitrogens with one attached hydrogen (secondary N) is 1. The van der Waals surface area contributed by atoms with Crippen LogP contribution in [0, 0.1) is 11.3 Å². The van der Waals surface area contributed by atoms with Crippen molar-refractivity contribution < 1.29 is 13.9 Å². The normalized spacial score (nSPS) is 9.85. The quantitative estimate of drug-likeness (QED) is 0.509. The molecule has 2 rings (SSSR count). The fraction of sp³-hybridized carbons (Fsp3) is 0.0769. The summed E-state index contributed by atoms with van der Waals surface area (Å²) in [6, 6.07) is 8.20. The molecule has 0 atom stereocenters. The van der Waals surface area contributed by atoms with E-state index in [2.05, 4.69) is 0 Å². The molecule has 0 bridgehead atoms. The minimum atomic E-state index is -0.458. The van der Waals surface area contributed by atoms with Crippen LogP contribution >= 0.6 is 11.6 Å². The first-order valence-electron chi connectivity index (χ1n) is 5.55. The molecule has 6 nitrogen and oxygen atoms in total. The van der Waals surface area contributed by atoms with Crippen LogP contribution in [0.25, 0.3) is 0 Å². The molecule has 7 heteroatoms. The van der Waals surface area contributed by atoms with E-state index in [1.807, 2.05) is 11.5 Å². The number of halogens is 1. The number of ether oxygens (including phenoxy) is 1. The number of furan rings is 1. The summed E-state index contributed by atoms with van der Waals surface area (Å²) in [5.74, 6) is 5.32. The molecule has 102 valence electrons. The monoisotopic (exact) mass is 291 g/mol. The van der Waals surface area contributed by atoms with Gasteiger partial charge in [-0.05, 0) is 18.2 Å². The lowest BCUT2D eigenvalue weighted by Crippen LogP contribution is -2.29. The van der Waals surface area contributed by atoms with Crippen LogP contribution in [0.2, 0.25) is 5.02 Å². The molecule has 20 heavy (non-hydrogen) atoms. The molecule has 0 saturated heterocycles. The van der Waals surface area contributed by atoms with Gasteiger partial charge in [0.1, 0.15) is 30.4 Å². The van der Waals surface area contributed by atoms with E-state index < -0.39 is 5.91 Å². The van der Waals surface area contributed by atoms with E-state index in [1.54, 1.807) is 12.1 Å². The zero-order valence-corrected chi connectivity index (χ0v) is 11.0. The fourth-order valence-electron chi connectivity index (χ4n) is 1.52. The van der Waals surface area contributed by atoms with Crippen LogP contribution in [0.1, 0.15) is 21.7 Å². The molecule has 1 heterocycles. The topological polar surface area (TPSA) is 101 Å². The Morgan fingerprint density at radius 3 is 3.00 bits per heavy atom. The van der Waals surface area contributed by atoms with Crippen molar-refractivity contribution in [3.8, 4) is 11.8 Å². The second-order valence-electron chi connectivity index (χ2n) is 3.82. The number of benzene rings is 1. The van der Waals surface area contributed by atoms with Gasteiger partial charge in [0.15, 0.2) is 0 Å². The summed E-state index contributed by atoms with van der Waals surface area (Å²) >= 11 is 5.84. The highest BCUT2D eigenvalue weighted by molar-refractivity contribution is 6.30. The Kier molecular flexibility index (Phi) is 4.25. The molecule has 0 unspecified atom stereocenters. The molecule has 0 spiro atoms. The summed E-state index contributed by atoms with van der Waals surface area (Å²) in [4.78, 5) is 11.2. The third-order valence-corrected chi connectivity index (χ3v) is 2.72. The first-order chi connectivity index (χ1) is 9.63. The van der Waals surface area contributed by atoms with E-state index in [0.29, 0.717) is 22.1 Å². The maximum atomic E-state index is 11.2. The Morgan fingerprint density at radius 1 is 1.50 bits per heavy atom. The van der Waals surface area contributed by atoms with Gasteiger partial charge in [-0.2, -0.15) is 5.26 Å². The second kappa shape index (κ2) is 6.10. The molecule has 2 aromatic rings. The van der Waals surface area contributed by atoms with E-state index in [9.17, 15) is 4.79 Å². The lowest BCUT2D eigenvalue weighted by Gasteiger charge is -2.06. The fourth-order valence-corrected chi connectivity index (χ4v) is 1.68. The first-order valence-corrected chi connectivity index (χ1v) is 5.92. The van der Waals surface area contributed by atoms with Gasteiger partial charge >= 0.3 is 0 Å². The van der Waals surface area contributed by atoms with Crippen molar-refractivity contribution in [3.05, 3.63) is 52.4 Å². The number of nitrogens with zero attached hydrogens (tertiary/aromatic N) is 1. The summed E-state index contributed by atoms with van der Waals surface area (Å²) in [6.07, 6.45) is 1.27. The van der Waals surface area contributed by atoms with Crippen molar-refractivity contribution in [1.82, 2.24) is 5.43 Å². The Labute approximate surface area is 119 Å². The summed E-state index contributed by atoms with van der Waals surface area (Å²) in [5, 5.41) is 9.41. The number of hydrogen-bond acceptors (Lipinski definition) is 5. The van der Waals surface area contributed by atoms with Crippen LogP contribution in [0.3, 0.4) is 0 Å². The third kappa shape index (κ3) is 3.09. The number of rotatable bonds is 4. The average molecular weight is 292 g/mol. The Hall–Kier alpha value is -2.49. The van der Waals surface area contributed by atoms with E-state index in [-0.39, 0.29) is 12.2 Å². The SMILES string of the molecule is N#Cc1ccc(Cl)cc1OCc1cc(C(=O)NN)co1. The van der Waals surface area contributed by atoms with E-state index in [0.717, 1.165) is 0 Å². The zero-order valence-electron chi connectivity index (χ0n) is 10.2. The predicted octanol–water partition coefficient (Wildman–Crippen LogP) is 1.99. The van der Waals surface area contributed by atoms with Gasteiger partial charge in [-0.15, -0.1) is 0 Å². The number of carbonyl (C=O) groups excluding carboxylic acids is 1. The van der Waals surface area contributed by atoms with Gasteiger partial charge in [-0.1, -0.05) is 11.6 Å². The van der Waals surface area contributed by atoms with Crippen LogP contribution in [-0.4, -0.2) is 5.91 Å². The van der Waals surface area contributed by atoms with Crippen LogP contribution in [0.4, 0.5) is 0 Å². The molecular formula is C13H10ClN3O3. The largest absolute Gasteiger partial charge is 0.484 e. The lowest BCUT2D eigenvalue weighted by atomic mass is 10.2. The molecule has 0 aliphatic heterocycles. The molecule has 0 radical (unpaired) electrons. The van der Waals surface area contributed by atoms with Crippen LogP contribution in [0.15, 0.2) is 34.9 Å². The van der Waals surface area contributed by atoms with Gasteiger partial charge in [0.2, 0.25) is 0 Å². The minimum absolute atomic E-state index is 0.0624. The lowest BCUT2D eigenvalue weighted by molar-refractivity contribution is 0.0953. The highest BCUT2D eigenvalue weighted by Gasteiger charge is 2.10. The van der Waals surface area contributed by atoms with Crippen LogP contribution in [0.5, 0.6) is 5.75 Å². The van der Waals surface area contributed by atoms with Crippen molar-refractivity contribution in [2.45, 2.75) is 6.61 Å². The summed E-state index contributed by atoms with van der Waals surface area (Å²) < 4.78 is 10.6. The van der Waals surface area contributed by atoms with Gasteiger partial charge in [0.25, 0.3) is 5.91 Å². The summed E-state index contributed by atoms with van der Waals surface area (Å²) in [6.45, 7) is 0.0624. The Balaban J connectivity index is 2.09. The number of nitrogens with two attached hydrogens (primary N) is 1. The van der Waals surface area contributed by atoms with E-state index in [1.165, 1.54) is 18.4 Å². The number of hydrogen-bond donors (Lipinski definition) is 2. The second-order valence-corrected chi connectivity index (χ2v) is 4.25. The van der Waals surface area contributed by atoms with Gasteiger partial charge < -0.3 is 9.15 Å². The minimum Gasteiger partial charge on any atom is -0.484 e. The number of carbonyl (C=O) groups is 1. The molecule has 1 aromatic carbocycles. The van der Waals surface area contributed by atoms with Crippen molar-refractivity contribution in [2.24, 2.45) is 5.84 Å². The maximum Gasteiger partial charge on any atom is 0.268 e. The standard InChI is InChI=1S/C13H10ClN3O3/c14-10-2-1-8(5-15)12(4-10)20-7-11-3-9(6-19-11)13(18)17-16/h1-4,6H,7,16H2,(H,17,18). The van der Waals surface area contributed by atoms with Crippen molar-refractivity contribution in [2.75, 3.05) is 0 Å². The third-order valence-electron chi connectivity index (χ3n) is 2.48. The first kappa shape index (κ1) is 13.9. The Bertz CT molecular complexity index is 676. The Morgan fingerprint density at radius 2 is 2.30 bits per heavy atom. The molecule has 0 saturated carbocycles. The van der Waals surface area contributed by atoms with Crippen molar-refractivity contribution in [3.63, 3.8) is 0 Å². The van der Waals surface area contributed by atoms with E-state index in [4.69, 9.17) is 31.9 Å². The number of nitrogen functional groups attached to an aromatic ring is 1. The van der Waals surface area contributed by atoms with Crippen LogP contribution < -0.4 is 16.0 Å².